The molecule has 1 amide bonds. The summed E-state index contributed by atoms with van der Waals surface area (Å²) in [7, 11) is -3.71. The minimum absolute atomic E-state index is 0.0667. The molecule has 2 N–H and O–H groups in total. The first kappa shape index (κ1) is 20.6. The molecule has 2 heterocycles. The van der Waals surface area contributed by atoms with E-state index in [1.807, 2.05) is 0 Å². The molecule has 1 aliphatic rings. The van der Waals surface area contributed by atoms with Crippen molar-refractivity contribution in [1.29, 1.82) is 0 Å². The van der Waals surface area contributed by atoms with E-state index in [1.54, 1.807) is 24.3 Å². The van der Waals surface area contributed by atoms with Gasteiger partial charge in [-0.05, 0) is 48.6 Å². The zero-order valence-corrected chi connectivity index (χ0v) is 17.0. The fourth-order valence-corrected chi connectivity index (χ4v) is 4.77. The van der Waals surface area contributed by atoms with Crippen LogP contribution in [-0.4, -0.2) is 38.9 Å². The maximum Gasteiger partial charge on any atom is 0.241 e. The smallest absolute Gasteiger partial charge is 0.241 e. The predicted octanol–water partition coefficient (Wildman–Crippen LogP) is 2.67. The number of benzene rings is 1. The lowest BCUT2D eigenvalue weighted by Gasteiger charge is -2.34. The van der Waals surface area contributed by atoms with Gasteiger partial charge in [0.05, 0.1) is 24.2 Å². The van der Waals surface area contributed by atoms with Crippen molar-refractivity contribution < 1.29 is 17.6 Å². The molecular weight excluding hydrogens is 378 g/mol. The second kappa shape index (κ2) is 8.89. The van der Waals surface area contributed by atoms with Crippen LogP contribution >= 0.6 is 0 Å². The molecule has 0 bridgehead atoms. The van der Waals surface area contributed by atoms with Crippen LogP contribution in [0.2, 0.25) is 0 Å². The van der Waals surface area contributed by atoms with Crippen molar-refractivity contribution in [3.63, 3.8) is 0 Å². The Hall–Kier alpha value is -2.16. The number of furan rings is 1. The highest BCUT2D eigenvalue weighted by Crippen LogP contribution is 2.21. The van der Waals surface area contributed by atoms with E-state index in [9.17, 15) is 13.2 Å². The number of likely N-dealkylation sites (tertiary alicyclic amines) is 1. The normalized spacial score (nSPS) is 20.8. The van der Waals surface area contributed by atoms with Crippen molar-refractivity contribution in [2.75, 3.05) is 25.0 Å². The molecule has 2 aromatic rings. The molecule has 1 aromatic heterocycles. The van der Waals surface area contributed by atoms with Gasteiger partial charge in [-0.3, -0.25) is 9.69 Å². The van der Waals surface area contributed by atoms with Crippen LogP contribution in [0.15, 0.2) is 52.0 Å². The highest BCUT2D eigenvalue weighted by Gasteiger charge is 2.23. The third-order valence-electron chi connectivity index (χ3n) is 4.76. The summed E-state index contributed by atoms with van der Waals surface area (Å²) in [5.74, 6) is 1.54. The van der Waals surface area contributed by atoms with E-state index in [4.69, 9.17) is 4.42 Å². The van der Waals surface area contributed by atoms with Crippen molar-refractivity contribution >= 4 is 21.6 Å². The number of hydrogen-bond acceptors (Lipinski definition) is 5. The number of nitrogens with one attached hydrogen (secondary N) is 2. The van der Waals surface area contributed by atoms with Gasteiger partial charge in [0.1, 0.15) is 5.76 Å². The summed E-state index contributed by atoms with van der Waals surface area (Å²) in [6.45, 7) is 6.58. The molecule has 1 saturated heterocycles. The summed E-state index contributed by atoms with van der Waals surface area (Å²) in [6, 6.07) is 9.65. The molecule has 1 fully saturated rings. The summed E-state index contributed by atoms with van der Waals surface area (Å²) in [6.07, 6.45) is 2.67. The van der Waals surface area contributed by atoms with Crippen LogP contribution in [0.1, 0.15) is 26.0 Å². The number of carbonyl (C=O) groups excluding carboxylic acids is 1. The zero-order valence-electron chi connectivity index (χ0n) is 16.2. The second-order valence-electron chi connectivity index (χ2n) is 7.62. The van der Waals surface area contributed by atoms with E-state index >= 15 is 0 Å². The number of piperidine rings is 1. The van der Waals surface area contributed by atoms with Gasteiger partial charge in [-0.25, -0.2) is 13.1 Å². The van der Waals surface area contributed by atoms with Crippen molar-refractivity contribution in [3.05, 3.63) is 48.4 Å². The van der Waals surface area contributed by atoms with Gasteiger partial charge in [0.25, 0.3) is 0 Å². The number of anilines is 1. The molecule has 0 radical (unpaired) electrons. The molecule has 7 nitrogen and oxygen atoms in total. The molecule has 3 rings (SSSR count). The molecular formula is C20H27N3O4S. The second-order valence-corrected chi connectivity index (χ2v) is 9.39. The van der Waals surface area contributed by atoms with Crippen molar-refractivity contribution in [2.24, 2.45) is 11.8 Å². The van der Waals surface area contributed by atoms with Gasteiger partial charge in [0, 0.05) is 18.8 Å². The number of amides is 1. The highest BCUT2D eigenvalue weighted by molar-refractivity contribution is 7.89. The van der Waals surface area contributed by atoms with Gasteiger partial charge in [-0.1, -0.05) is 19.9 Å². The van der Waals surface area contributed by atoms with Gasteiger partial charge in [-0.2, -0.15) is 0 Å². The van der Waals surface area contributed by atoms with Crippen LogP contribution in [0, 0.1) is 11.8 Å². The molecule has 0 unspecified atom stereocenters. The van der Waals surface area contributed by atoms with E-state index < -0.39 is 10.0 Å². The molecule has 0 saturated carbocycles. The average Bonchev–Trinajstić information content (AvgIpc) is 3.13. The molecule has 28 heavy (non-hydrogen) atoms. The quantitative estimate of drug-likeness (QED) is 0.739. The Morgan fingerprint density at radius 3 is 2.61 bits per heavy atom. The molecule has 152 valence electrons. The van der Waals surface area contributed by atoms with Gasteiger partial charge in [0.2, 0.25) is 15.9 Å². The molecule has 1 aliphatic heterocycles. The average molecular weight is 406 g/mol. The van der Waals surface area contributed by atoms with E-state index in [0.717, 1.165) is 13.1 Å². The fourth-order valence-electron chi connectivity index (χ4n) is 3.73. The van der Waals surface area contributed by atoms with Crippen molar-refractivity contribution in [2.45, 2.75) is 31.7 Å². The number of sulfonamides is 1. The lowest BCUT2D eigenvalue weighted by atomic mass is 9.92. The number of carbonyl (C=O) groups is 1. The maximum atomic E-state index is 12.5. The maximum absolute atomic E-state index is 12.5. The monoisotopic (exact) mass is 405 g/mol. The number of nitrogens with zero attached hydrogens (tertiary/aromatic N) is 1. The Bertz CT molecular complexity index is 886. The first-order chi connectivity index (χ1) is 13.3. The van der Waals surface area contributed by atoms with E-state index in [2.05, 4.69) is 28.8 Å². The number of rotatable bonds is 7. The molecule has 8 heteroatoms. The standard InChI is InChI=1S/C20H27N3O4S/c1-15-9-16(2)13-23(12-15)14-20(24)22-17-5-3-7-19(10-17)28(25,26)21-11-18-6-4-8-27-18/h3-8,10,15-16,21H,9,11-14H2,1-2H3,(H,22,24)/t15-,16-/m1/s1. The van der Waals surface area contributed by atoms with Crippen LogP contribution in [0.4, 0.5) is 5.69 Å². The van der Waals surface area contributed by atoms with E-state index in [-0.39, 0.29) is 17.3 Å². The molecule has 2 atom stereocenters. The first-order valence-corrected chi connectivity index (χ1v) is 10.9. The predicted molar refractivity (Wildman–Crippen MR) is 107 cm³/mol. The molecule has 0 spiro atoms. The topological polar surface area (TPSA) is 91.7 Å². The van der Waals surface area contributed by atoms with Crippen molar-refractivity contribution in [1.82, 2.24) is 9.62 Å². The Kier molecular flexibility index (Phi) is 6.53. The Morgan fingerprint density at radius 2 is 1.93 bits per heavy atom. The summed E-state index contributed by atoms with van der Waals surface area (Å²) >= 11 is 0. The van der Waals surface area contributed by atoms with Crippen LogP contribution in [0.5, 0.6) is 0 Å². The minimum atomic E-state index is -3.71. The van der Waals surface area contributed by atoms with E-state index in [1.165, 1.54) is 24.8 Å². The van der Waals surface area contributed by atoms with Crippen LogP contribution in [0.25, 0.3) is 0 Å². The zero-order chi connectivity index (χ0) is 20.1. The van der Waals surface area contributed by atoms with Gasteiger partial charge in [0.15, 0.2) is 0 Å². The SMILES string of the molecule is C[C@@H]1C[C@@H](C)CN(CC(=O)Nc2cccc(S(=O)(=O)NCc3ccco3)c2)C1. The fraction of sp³-hybridized carbons (Fsp3) is 0.450. The highest BCUT2D eigenvalue weighted by atomic mass is 32.2. The van der Waals surface area contributed by atoms with Gasteiger partial charge >= 0.3 is 0 Å². The summed E-state index contributed by atoms with van der Waals surface area (Å²) < 4.78 is 32.6. The summed E-state index contributed by atoms with van der Waals surface area (Å²) in [5, 5.41) is 2.81. The van der Waals surface area contributed by atoms with Gasteiger partial charge in [-0.15, -0.1) is 0 Å². The largest absolute Gasteiger partial charge is 0.468 e. The molecule has 1 aromatic carbocycles. The van der Waals surface area contributed by atoms with Crippen molar-refractivity contribution in [3.8, 4) is 0 Å². The third kappa shape index (κ3) is 5.67. The number of hydrogen-bond donors (Lipinski definition) is 2. The minimum Gasteiger partial charge on any atom is -0.468 e. The van der Waals surface area contributed by atoms with E-state index in [0.29, 0.717) is 29.8 Å². The Balaban J connectivity index is 1.60. The first-order valence-electron chi connectivity index (χ1n) is 9.46. The van der Waals surface area contributed by atoms with Gasteiger partial charge < -0.3 is 9.73 Å². The summed E-state index contributed by atoms with van der Waals surface area (Å²) in [5.41, 5.74) is 0.462. The van der Waals surface area contributed by atoms with Crippen LogP contribution in [-0.2, 0) is 21.4 Å². The Labute approximate surface area is 166 Å². The van der Waals surface area contributed by atoms with Crippen LogP contribution < -0.4 is 10.0 Å². The lowest BCUT2D eigenvalue weighted by Crippen LogP contribution is -2.42. The summed E-state index contributed by atoms with van der Waals surface area (Å²) in [4.78, 5) is 14.7. The molecule has 0 aliphatic carbocycles. The lowest BCUT2D eigenvalue weighted by molar-refractivity contribution is -0.117. The van der Waals surface area contributed by atoms with Crippen LogP contribution in [0.3, 0.4) is 0 Å². The Morgan fingerprint density at radius 1 is 1.18 bits per heavy atom. The third-order valence-corrected chi connectivity index (χ3v) is 6.16.